The number of hydrogen-bond donors (Lipinski definition) is 2. The van der Waals surface area contributed by atoms with Gasteiger partial charge in [-0.05, 0) is 30.2 Å². The molecule has 0 radical (unpaired) electrons. The molecule has 1 atom stereocenters. The molecule has 2 aromatic carbocycles. The summed E-state index contributed by atoms with van der Waals surface area (Å²) < 4.78 is 0. The molecular weight excluding hydrogens is 304 g/mol. The predicted octanol–water partition coefficient (Wildman–Crippen LogP) is 3.47. The third-order valence-corrected chi connectivity index (χ3v) is 3.91. The van der Waals surface area contributed by atoms with Gasteiger partial charge in [-0.15, -0.1) is 0 Å². The molecule has 0 bridgehead atoms. The number of anilines is 1. The van der Waals surface area contributed by atoms with Gasteiger partial charge in [0.05, 0.1) is 17.2 Å². The molecule has 0 amide bonds. The highest BCUT2D eigenvalue weighted by molar-refractivity contribution is 6.50. The van der Waals surface area contributed by atoms with Gasteiger partial charge in [-0.25, -0.2) is 4.79 Å². The molecule has 5 nitrogen and oxygen atoms in total. The van der Waals surface area contributed by atoms with Gasteiger partial charge in [0.25, 0.3) is 0 Å². The molecule has 0 spiro atoms. The van der Waals surface area contributed by atoms with E-state index in [4.69, 9.17) is 0 Å². The van der Waals surface area contributed by atoms with Gasteiger partial charge in [0.15, 0.2) is 5.78 Å². The standard InChI is InChI=1S/C19H16N2O3/c1-12-11-15(13-7-3-2-4-8-13)18(22)17(12)21-20-16-10-6-5-9-14(16)19(23)24/h2-11,15,20H,1H3,(H,23,24)/b21-17+. The van der Waals surface area contributed by atoms with E-state index in [-0.39, 0.29) is 17.3 Å². The van der Waals surface area contributed by atoms with Gasteiger partial charge < -0.3 is 5.11 Å². The van der Waals surface area contributed by atoms with E-state index in [0.717, 1.165) is 11.1 Å². The Morgan fingerprint density at radius 1 is 1.08 bits per heavy atom. The highest BCUT2D eigenvalue weighted by Gasteiger charge is 2.31. The Labute approximate surface area is 139 Å². The van der Waals surface area contributed by atoms with Gasteiger partial charge in [-0.2, -0.15) is 5.10 Å². The number of carbonyl (C=O) groups excluding carboxylic acids is 1. The quantitative estimate of drug-likeness (QED) is 0.846. The highest BCUT2D eigenvalue weighted by atomic mass is 16.4. The third-order valence-electron chi connectivity index (χ3n) is 3.91. The fraction of sp³-hybridized carbons (Fsp3) is 0.105. The molecule has 3 rings (SSSR count). The Kier molecular flexibility index (Phi) is 4.24. The third kappa shape index (κ3) is 2.96. The summed E-state index contributed by atoms with van der Waals surface area (Å²) in [6.45, 7) is 1.82. The minimum Gasteiger partial charge on any atom is -0.478 e. The van der Waals surface area contributed by atoms with Crippen LogP contribution in [0.3, 0.4) is 0 Å². The number of hydrogen-bond acceptors (Lipinski definition) is 4. The van der Waals surface area contributed by atoms with E-state index in [1.165, 1.54) is 6.07 Å². The molecular formula is C19H16N2O3. The van der Waals surface area contributed by atoms with Gasteiger partial charge in [0.2, 0.25) is 0 Å². The largest absolute Gasteiger partial charge is 0.478 e. The Morgan fingerprint density at radius 2 is 1.75 bits per heavy atom. The zero-order valence-electron chi connectivity index (χ0n) is 13.1. The number of para-hydroxylation sites is 1. The first-order valence-corrected chi connectivity index (χ1v) is 7.52. The number of carboxylic acid groups (broad SMARTS) is 1. The van der Waals surface area contributed by atoms with Crippen LogP contribution in [-0.2, 0) is 4.79 Å². The number of nitrogens with one attached hydrogen (secondary N) is 1. The number of ketones is 1. The molecule has 0 aliphatic heterocycles. The van der Waals surface area contributed by atoms with Gasteiger partial charge in [-0.1, -0.05) is 48.5 Å². The number of aromatic carboxylic acids is 1. The number of hydrazone groups is 1. The average molecular weight is 320 g/mol. The highest BCUT2D eigenvalue weighted by Crippen LogP contribution is 2.28. The Bertz CT molecular complexity index is 854. The van der Waals surface area contributed by atoms with Gasteiger partial charge in [-0.3, -0.25) is 10.2 Å². The normalized spacial score (nSPS) is 18.5. The molecule has 2 N–H and O–H groups in total. The SMILES string of the molecule is CC1=CC(c2ccccc2)C(=O)/C1=N/Nc1ccccc1C(=O)O. The second kappa shape index (κ2) is 6.50. The second-order valence-electron chi connectivity index (χ2n) is 5.53. The van der Waals surface area contributed by atoms with Crippen LogP contribution in [0.15, 0.2) is 71.3 Å². The minimum absolute atomic E-state index is 0.0981. The van der Waals surface area contributed by atoms with Crippen LogP contribution in [0.4, 0.5) is 5.69 Å². The number of carbonyl (C=O) groups is 2. The summed E-state index contributed by atoms with van der Waals surface area (Å²) in [6, 6.07) is 15.9. The van der Waals surface area contributed by atoms with Crippen molar-refractivity contribution in [1.82, 2.24) is 0 Å². The predicted molar refractivity (Wildman–Crippen MR) is 92.4 cm³/mol. The Morgan fingerprint density at radius 3 is 2.46 bits per heavy atom. The van der Waals surface area contributed by atoms with Crippen molar-refractivity contribution in [3.63, 3.8) is 0 Å². The van der Waals surface area contributed by atoms with Crippen molar-refractivity contribution in [1.29, 1.82) is 0 Å². The molecule has 0 saturated heterocycles. The van der Waals surface area contributed by atoms with E-state index in [9.17, 15) is 14.7 Å². The van der Waals surface area contributed by atoms with E-state index in [1.54, 1.807) is 18.2 Å². The van der Waals surface area contributed by atoms with Crippen molar-refractivity contribution in [2.24, 2.45) is 5.10 Å². The molecule has 2 aromatic rings. The van der Waals surface area contributed by atoms with Crippen molar-refractivity contribution < 1.29 is 14.7 Å². The number of rotatable bonds is 4. The Hall–Kier alpha value is -3.21. The summed E-state index contributed by atoms with van der Waals surface area (Å²) in [6.07, 6.45) is 1.88. The summed E-state index contributed by atoms with van der Waals surface area (Å²) in [5.41, 5.74) is 5.18. The van der Waals surface area contributed by atoms with Crippen LogP contribution < -0.4 is 5.43 Å². The van der Waals surface area contributed by atoms with Crippen molar-refractivity contribution >= 4 is 23.2 Å². The van der Waals surface area contributed by atoms with E-state index in [1.807, 2.05) is 43.3 Å². The van der Waals surface area contributed by atoms with Crippen molar-refractivity contribution in [3.05, 3.63) is 77.4 Å². The van der Waals surface area contributed by atoms with E-state index < -0.39 is 5.97 Å². The Balaban J connectivity index is 1.86. The van der Waals surface area contributed by atoms with E-state index >= 15 is 0 Å². The number of Topliss-reactive ketones (excluding diaryl/α,β-unsaturated/α-hetero) is 1. The maximum absolute atomic E-state index is 12.6. The molecule has 1 aliphatic rings. The van der Waals surface area contributed by atoms with Gasteiger partial charge in [0, 0.05) is 0 Å². The number of benzene rings is 2. The molecule has 0 saturated carbocycles. The first kappa shape index (κ1) is 15.7. The fourth-order valence-electron chi connectivity index (χ4n) is 2.68. The zero-order chi connectivity index (χ0) is 17.1. The van der Waals surface area contributed by atoms with Crippen LogP contribution in [0, 0.1) is 0 Å². The lowest BCUT2D eigenvalue weighted by molar-refractivity contribution is -0.113. The van der Waals surface area contributed by atoms with E-state index in [0.29, 0.717) is 11.4 Å². The molecule has 0 aromatic heterocycles. The molecule has 1 unspecified atom stereocenters. The summed E-state index contributed by atoms with van der Waals surface area (Å²) in [4.78, 5) is 23.8. The summed E-state index contributed by atoms with van der Waals surface area (Å²) in [5, 5.41) is 13.3. The van der Waals surface area contributed by atoms with Crippen molar-refractivity contribution in [2.45, 2.75) is 12.8 Å². The monoisotopic (exact) mass is 320 g/mol. The smallest absolute Gasteiger partial charge is 0.337 e. The topological polar surface area (TPSA) is 78.8 Å². The molecule has 5 heteroatoms. The number of allylic oxidation sites excluding steroid dienone is 2. The summed E-state index contributed by atoms with van der Waals surface area (Å²) >= 11 is 0. The summed E-state index contributed by atoms with van der Waals surface area (Å²) in [5.74, 6) is -1.49. The van der Waals surface area contributed by atoms with Crippen LogP contribution in [-0.4, -0.2) is 22.6 Å². The molecule has 0 heterocycles. The molecule has 0 fully saturated rings. The lowest BCUT2D eigenvalue weighted by Gasteiger charge is -2.08. The lowest BCUT2D eigenvalue weighted by Crippen LogP contribution is -2.17. The maximum Gasteiger partial charge on any atom is 0.337 e. The van der Waals surface area contributed by atoms with Crippen LogP contribution >= 0.6 is 0 Å². The second-order valence-corrected chi connectivity index (χ2v) is 5.53. The van der Waals surface area contributed by atoms with Crippen LogP contribution in [0.1, 0.15) is 28.8 Å². The average Bonchev–Trinajstić information content (AvgIpc) is 2.88. The number of nitrogens with zero attached hydrogens (tertiary/aromatic N) is 1. The lowest BCUT2D eigenvalue weighted by atomic mass is 9.97. The first-order chi connectivity index (χ1) is 11.6. The first-order valence-electron chi connectivity index (χ1n) is 7.52. The van der Waals surface area contributed by atoms with E-state index in [2.05, 4.69) is 10.5 Å². The minimum atomic E-state index is -1.05. The van der Waals surface area contributed by atoms with Crippen LogP contribution in [0.2, 0.25) is 0 Å². The molecule has 24 heavy (non-hydrogen) atoms. The van der Waals surface area contributed by atoms with Crippen LogP contribution in [0.25, 0.3) is 0 Å². The summed E-state index contributed by atoms with van der Waals surface area (Å²) in [7, 11) is 0. The van der Waals surface area contributed by atoms with Crippen molar-refractivity contribution in [2.75, 3.05) is 5.43 Å². The van der Waals surface area contributed by atoms with Crippen LogP contribution in [0.5, 0.6) is 0 Å². The van der Waals surface area contributed by atoms with Gasteiger partial charge in [0.1, 0.15) is 5.71 Å². The molecule has 120 valence electrons. The zero-order valence-corrected chi connectivity index (χ0v) is 13.1. The van der Waals surface area contributed by atoms with Gasteiger partial charge >= 0.3 is 5.97 Å². The maximum atomic E-state index is 12.6. The molecule has 1 aliphatic carbocycles. The van der Waals surface area contributed by atoms with Crippen molar-refractivity contribution in [3.8, 4) is 0 Å². The fourth-order valence-corrected chi connectivity index (χ4v) is 2.68. The number of carboxylic acids is 1.